The number of benzene rings is 2. The van der Waals surface area contributed by atoms with E-state index in [1.54, 1.807) is 23.1 Å². The van der Waals surface area contributed by atoms with Gasteiger partial charge >= 0.3 is 5.97 Å². The Kier molecular flexibility index (Phi) is 7.21. The quantitative estimate of drug-likeness (QED) is 0.707. The largest absolute Gasteiger partial charge is 0.480 e. The van der Waals surface area contributed by atoms with E-state index in [1.807, 2.05) is 45.0 Å². The number of nitrogens with zero attached hydrogens (tertiary/aromatic N) is 1. The molecule has 2 N–H and O–H groups in total. The van der Waals surface area contributed by atoms with Crippen LogP contribution in [-0.4, -0.2) is 41.0 Å². The highest BCUT2D eigenvalue weighted by atomic mass is 35.5. The van der Waals surface area contributed by atoms with Crippen molar-refractivity contribution in [2.75, 3.05) is 18.4 Å². The van der Waals surface area contributed by atoms with Gasteiger partial charge in [-0.15, -0.1) is 0 Å². The molecule has 0 saturated carbocycles. The van der Waals surface area contributed by atoms with Crippen LogP contribution in [0.5, 0.6) is 11.5 Å². The minimum atomic E-state index is -0.984. The van der Waals surface area contributed by atoms with Crippen molar-refractivity contribution in [1.82, 2.24) is 4.90 Å². The van der Waals surface area contributed by atoms with Crippen molar-refractivity contribution in [1.29, 1.82) is 0 Å². The lowest BCUT2D eigenvalue weighted by Gasteiger charge is -2.24. The Morgan fingerprint density at radius 2 is 1.81 bits per heavy atom. The molecule has 0 atom stereocenters. The molecular weight excluding hydrogens is 368 g/mol. The van der Waals surface area contributed by atoms with E-state index >= 15 is 0 Å². The van der Waals surface area contributed by atoms with Crippen LogP contribution in [0.25, 0.3) is 0 Å². The number of halogens is 1. The summed E-state index contributed by atoms with van der Waals surface area (Å²) in [6.45, 7) is 5.38. The van der Waals surface area contributed by atoms with E-state index in [2.05, 4.69) is 5.32 Å². The van der Waals surface area contributed by atoms with E-state index in [-0.39, 0.29) is 25.0 Å². The van der Waals surface area contributed by atoms with Gasteiger partial charge in [-0.1, -0.05) is 29.3 Å². The number of rotatable bonds is 8. The molecule has 2 aromatic rings. The number of carboxylic acid groups (broad SMARTS) is 1. The number of aryl methyl sites for hydroxylation is 1. The number of aliphatic carboxylic acids is 1. The normalized spacial score (nSPS) is 10.9. The Morgan fingerprint density at radius 1 is 1.15 bits per heavy atom. The maximum absolute atomic E-state index is 12.4. The molecule has 0 bridgehead atoms. The number of amides is 1. The van der Waals surface area contributed by atoms with E-state index < -0.39 is 5.97 Å². The van der Waals surface area contributed by atoms with E-state index in [9.17, 15) is 9.59 Å². The van der Waals surface area contributed by atoms with E-state index in [0.29, 0.717) is 22.2 Å². The zero-order valence-electron chi connectivity index (χ0n) is 15.5. The molecule has 0 fully saturated rings. The molecule has 0 spiro atoms. The lowest BCUT2D eigenvalue weighted by Crippen LogP contribution is -2.41. The first-order valence-electron chi connectivity index (χ1n) is 8.54. The first-order valence-corrected chi connectivity index (χ1v) is 8.92. The molecule has 6 nitrogen and oxygen atoms in total. The van der Waals surface area contributed by atoms with Gasteiger partial charge in [-0.25, -0.2) is 0 Å². The fraction of sp³-hybridized carbons (Fsp3) is 0.300. The van der Waals surface area contributed by atoms with Crippen molar-refractivity contribution < 1.29 is 19.4 Å². The number of anilines is 1. The van der Waals surface area contributed by atoms with Crippen LogP contribution in [0.15, 0.2) is 42.5 Å². The summed E-state index contributed by atoms with van der Waals surface area (Å²) < 4.78 is 5.86. The molecule has 0 aliphatic rings. The molecule has 0 saturated heterocycles. The zero-order valence-corrected chi connectivity index (χ0v) is 16.3. The second-order valence-corrected chi connectivity index (χ2v) is 6.93. The summed E-state index contributed by atoms with van der Waals surface area (Å²) in [7, 11) is 0. The standard InChI is InChI=1S/C20H23ClN2O4/c1-13(2)23(12-20(25)26)11-19(24)22-17-10-15(21)6-9-18(17)27-16-7-4-14(3)5-8-16/h4-10,13H,11-12H2,1-3H3,(H,22,24)(H,25,26). The zero-order chi connectivity index (χ0) is 20.0. The Hall–Kier alpha value is -2.57. The number of carboxylic acids is 1. The smallest absolute Gasteiger partial charge is 0.317 e. The summed E-state index contributed by atoms with van der Waals surface area (Å²) in [6, 6.07) is 12.4. The second-order valence-electron chi connectivity index (χ2n) is 6.50. The van der Waals surface area contributed by atoms with E-state index in [0.717, 1.165) is 5.56 Å². The number of hydrogen-bond donors (Lipinski definition) is 2. The van der Waals surface area contributed by atoms with Crippen LogP contribution >= 0.6 is 11.6 Å². The highest BCUT2D eigenvalue weighted by Gasteiger charge is 2.18. The Balaban J connectivity index is 2.14. The molecule has 2 aromatic carbocycles. The van der Waals surface area contributed by atoms with Crippen molar-refractivity contribution in [2.24, 2.45) is 0 Å². The minimum Gasteiger partial charge on any atom is -0.480 e. The van der Waals surface area contributed by atoms with Crippen LogP contribution in [-0.2, 0) is 9.59 Å². The molecule has 0 heterocycles. The molecule has 1 amide bonds. The third kappa shape index (κ3) is 6.58. The lowest BCUT2D eigenvalue weighted by atomic mass is 10.2. The first-order chi connectivity index (χ1) is 12.7. The number of carbonyl (C=O) groups is 2. The Morgan fingerprint density at radius 3 is 2.41 bits per heavy atom. The van der Waals surface area contributed by atoms with Crippen LogP contribution in [0.4, 0.5) is 5.69 Å². The van der Waals surface area contributed by atoms with Gasteiger partial charge in [0.2, 0.25) is 5.91 Å². The maximum Gasteiger partial charge on any atom is 0.317 e. The molecule has 2 rings (SSSR count). The highest BCUT2D eigenvalue weighted by Crippen LogP contribution is 2.32. The van der Waals surface area contributed by atoms with Gasteiger partial charge in [-0.3, -0.25) is 14.5 Å². The summed E-state index contributed by atoms with van der Waals surface area (Å²) in [4.78, 5) is 25.0. The van der Waals surface area contributed by atoms with Crippen molar-refractivity contribution in [3.63, 3.8) is 0 Å². The van der Waals surface area contributed by atoms with Crippen LogP contribution in [0.2, 0.25) is 5.02 Å². The van der Waals surface area contributed by atoms with Crippen LogP contribution < -0.4 is 10.1 Å². The van der Waals surface area contributed by atoms with Crippen LogP contribution in [0, 0.1) is 6.92 Å². The first kappa shape index (κ1) is 20.7. The van der Waals surface area contributed by atoms with Crippen LogP contribution in [0.3, 0.4) is 0 Å². The van der Waals surface area contributed by atoms with Gasteiger partial charge in [0.25, 0.3) is 0 Å². The molecule has 0 aliphatic heterocycles. The van der Waals surface area contributed by atoms with E-state index in [4.69, 9.17) is 21.4 Å². The lowest BCUT2D eigenvalue weighted by molar-refractivity contribution is -0.139. The molecule has 0 aliphatic carbocycles. The maximum atomic E-state index is 12.4. The molecule has 144 valence electrons. The number of ether oxygens (including phenoxy) is 1. The average molecular weight is 391 g/mol. The van der Waals surface area contributed by atoms with Gasteiger partial charge in [0, 0.05) is 11.1 Å². The summed E-state index contributed by atoms with van der Waals surface area (Å²) in [5, 5.41) is 12.2. The van der Waals surface area contributed by atoms with Crippen molar-refractivity contribution in [3.05, 3.63) is 53.1 Å². The van der Waals surface area contributed by atoms with Crippen molar-refractivity contribution >= 4 is 29.2 Å². The monoisotopic (exact) mass is 390 g/mol. The molecule has 0 radical (unpaired) electrons. The highest BCUT2D eigenvalue weighted by molar-refractivity contribution is 6.31. The van der Waals surface area contributed by atoms with Gasteiger partial charge in [0.1, 0.15) is 5.75 Å². The fourth-order valence-corrected chi connectivity index (χ4v) is 2.56. The van der Waals surface area contributed by atoms with Gasteiger partial charge in [0.05, 0.1) is 18.8 Å². The number of nitrogens with one attached hydrogen (secondary N) is 1. The molecule has 0 aromatic heterocycles. The Bertz CT molecular complexity index is 806. The van der Waals surface area contributed by atoms with Crippen LogP contribution in [0.1, 0.15) is 19.4 Å². The summed E-state index contributed by atoms with van der Waals surface area (Å²) >= 11 is 6.05. The molecule has 7 heteroatoms. The van der Waals surface area contributed by atoms with Crippen molar-refractivity contribution in [3.8, 4) is 11.5 Å². The van der Waals surface area contributed by atoms with E-state index in [1.165, 1.54) is 0 Å². The van der Waals surface area contributed by atoms with Gasteiger partial charge < -0.3 is 15.2 Å². The molecule has 0 unspecified atom stereocenters. The predicted molar refractivity (Wildman–Crippen MR) is 106 cm³/mol. The summed E-state index contributed by atoms with van der Waals surface area (Å²) in [5.74, 6) is -0.248. The second kappa shape index (κ2) is 9.39. The molecular formula is C20H23ClN2O4. The topological polar surface area (TPSA) is 78.9 Å². The van der Waals surface area contributed by atoms with Crippen molar-refractivity contribution in [2.45, 2.75) is 26.8 Å². The SMILES string of the molecule is Cc1ccc(Oc2ccc(Cl)cc2NC(=O)CN(CC(=O)O)C(C)C)cc1. The van der Waals surface area contributed by atoms with Gasteiger partial charge in [-0.05, 0) is 51.1 Å². The summed E-state index contributed by atoms with van der Waals surface area (Å²) in [5.41, 5.74) is 1.53. The average Bonchev–Trinajstić information content (AvgIpc) is 2.58. The minimum absolute atomic E-state index is 0.0551. The third-order valence-corrected chi connectivity index (χ3v) is 4.11. The fourth-order valence-electron chi connectivity index (χ4n) is 2.39. The molecule has 27 heavy (non-hydrogen) atoms. The Labute approximate surface area is 163 Å². The number of hydrogen-bond acceptors (Lipinski definition) is 4. The predicted octanol–water partition coefficient (Wildman–Crippen LogP) is 4.17. The number of carbonyl (C=O) groups excluding carboxylic acids is 1. The summed E-state index contributed by atoms with van der Waals surface area (Å²) in [6.07, 6.45) is 0. The third-order valence-electron chi connectivity index (χ3n) is 3.88. The van der Waals surface area contributed by atoms with Gasteiger partial charge in [0.15, 0.2) is 5.75 Å². The van der Waals surface area contributed by atoms with Gasteiger partial charge in [-0.2, -0.15) is 0 Å².